The second-order valence-corrected chi connectivity index (χ2v) is 6.89. The maximum Gasteiger partial charge on any atom is 0.0595 e. The van der Waals surface area contributed by atoms with Crippen LogP contribution in [0, 0.1) is 0 Å². The summed E-state index contributed by atoms with van der Waals surface area (Å²) in [5.41, 5.74) is 1.25. The Morgan fingerprint density at radius 1 is 1.14 bits per heavy atom. The zero-order chi connectivity index (χ0) is 14.8. The normalized spacial score (nSPS) is 26.1. The molecule has 0 amide bonds. The molecule has 1 N–H and O–H groups in total. The Balaban J connectivity index is 1.63. The second kappa shape index (κ2) is 6.84. The first kappa shape index (κ1) is 15.6. The minimum atomic E-state index is 0.396. The Morgan fingerprint density at radius 2 is 1.90 bits per heavy atom. The van der Waals surface area contributed by atoms with Gasteiger partial charge in [0.05, 0.1) is 10.0 Å². The number of likely N-dealkylation sites (tertiary alicyclic amines) is 1. The van der Waals surface area contributed by atoms with E-state index in [1.807, 2.05) is 12.1 Å². The number of rotatable bonds is 3. The molecule has 116 valence electrons. The van der Waals surface area contributed by atoms with Crippen molar-refractivity contribution in [3.63, 3.8) is 0 Å². The van der Waals surface area contributed by atoms with Crippen LogP contribution in [-0.2, 0) is 0 Å². The molecule has 0 aliphatic carbocycles. The summed E-state index contributed by atoms with van der Waals surface area (Å²) in [6, 6.07) is 7.11. The fraction of sp³-hybridized carbons (Fsp3) is 0.625. The van der Waals surface area contributed by atoms with E-state index in [0.29, 0.717) is 22.1 Å². The van der Waals surface area contributed by atoms with Gasteiger partial charge in [-0.05, 0) is 31.0 Å². The van der Waals surface area contributed by atoms with Gasteiger partial charge in [-0.2, -0.15) is 0 Å². The molecule has 0 bridgehead atoms. The third-order valence-electron chi connectivity index (χ3n) is 4.84. The Kier molecular flexibility index (Phi) is 5.07. The second-order valence-electron chi connectivity index (χ2n) is 6.07. The van der Waals surface area contributed by atoms with Crippen molar-refractivity contribution < 1.29 is 0 Å². The predicted molar refractivity (Wildman–Crippen MR) is 89.3 cm³/mol. The molecule has 2 atom stereocenters. The number of nitrogens with zero attached hydrogens (tertiary/aromatic N) is 2. The number of hydrogen-bond donors (Lipinski definition) is 1. The fourth-order valence-electron chi connectivity index (χ4n) is 3.45. The highest BCUT2D eigenvalue weighted by Gasteiger charge is 2.31. The lowest BCUT2D eigenvalue weighted by atomic mass is 10.1. The monoisotopic (exact) mass is 327 g/mol. The van der Waals surface area contributed by atoms with Crippen molar-refractivity contribution in [2.75, 3.05) is 39.3 Å². The Hall–Kier alpha value is -0.320. The number of nitrogens with one attached hydrogen (secondary N) is 1. The smallest absolute Gasteiger partial charge is 0.0595 e. The molecule has 3 nitrogen and oxygen atoms in total. The Morgan fingerprint density at radius 3 is 2.62 bits per heavy atom. The summed E-state index contributed by atoms with van der Waals surface area (Å²) in [6.07, 6.45) is 1.27. The van der Waals surface area contributed by atoms with Gasteiger partial charge in [-0.1, -0.05) is 29.3 Å². The highest BCUT2D eigenvalue weighted by molar-refractivity contribution is 6.42. The van der Waals surface area contributed by atoms with Gasteiger partial charge in [-0.15, -0.1) is 0 Å². The number of piperazine rings is 1. The first-order chi connectivity index (χ1) is 10.1. The summed E-state index contributed by atoms with van der Waals surface area (Å²) < 4.78 is 0. The van der Waals surface area contributed by atoms with E-state index in [-0.39, 0.29) is 0 Å². The average molecular weight is 328 g/mol. The van der Waals surface area contributed by atoms with E-state index in [1.165, 1.54) is 25.1 Å². The van der Waals surface area contributed by atoms with Crippen LogP contribution in [-0.4, -0.2) is 55.1 Å². The van der Waals surface area contributed by atoms with E-state index in [2.05, 4.69) is 28.1 Å². The van der Waals surface area contributed by atoms with Crippen LogP contribution in [0.15, 0.2) is 18.2 Å². The van der Waals surface area contributed by atoms with Crippen molar-refractivity contribution in [2.24, 2.45) is 0 Å². The molecule has 2 heterocycles. The van der Waals surface area contributed by atoms with Gasteiger partial charge >= 0.3 is 0 Å². The van der Waals surface area contributed by atoms with Gasteiger partial charge in [-0.25, -0.2) is 0 Å². The molecular weight excluding hydrogens is 305 g/mol. The van der Waals surface area contributed by atoms with Crippen LogP contribution in [0.5, 0.6) is 0 Å². The molecule has 2 aliphatic heterocycles. The quantitative estimate of drug-likeness (QED) is 0.920. The molecule has 1 aromatic rings. The van der Waals surface area contributed by atoms with Crippen molar-refractivity contribution in [1.82, 2.24) is 15.1 Å². The first-order valence-electron chi connectivity index (χ1n) is 7.79. The zero-order valence-corrected chi connectivity index (χ0v) is 14.0. The molecule has 21 heavy (non-hydrogen) atoms. The van der Waals surface area contributed by atoms with E-state index >= 15 is 0 Å². The molecule has 3 rings (SSSR count). The van der Waals surface area contributed by atoms with Gasteiger partial charge in [0, 0.05) is 51.4 Å². The average Bonchev–Trinajstić information content (AvgIpc) is 3.00. The van der Waals surface area contributed by atoms with Gasteiger partial charge in [0.25, 0.3) is 0 Å². The molecule has 0 radical (unpaired) electrons. The third-order valence-corrected chi connectivity index (χ3v) is 5.58. The van der Waals surface area contributed by atoms with E-state index in [0.717, 1.165) is 26.2 Å². The minimum Gasteiger partial charge on any atom is -0.314 e. The van der Waals surface area contributed by atoms with E-state index in [1.54, 1.807) is 0 Å². The highest BCUT2D eigenvalue weighted by Crippen LogP contribution is 2.30. The lowest BCUT2D eigenvalue weighted by molar-refractivity contribution is 0.162. The fourth-order valence-corrected chi connectivity index (χ4v) is 3.75. The van der Waals surface area contributed by atoms with Crippen LogP contribution in [0.2, 0.25) is 10.0 Å². The summed E-state index contributed by atoms with van der Waals surface area (Å²) in [5.74, 6) is 0. The Bertz CT molecular complexity index is 488. The van der Waals surface area contributed by atoms with Gasteiger partial charge in [0.15, 0.2) is 0 Å². The first-order valence-corrected chi connectivity index (χ1v) is 8.54. The lowest BCUT2D eigenvalue weighted by Gasteiger charge is -2.33. The molecule has 0 spiro atoms. The Labute approximate surface area is 137 Å². The molecule has 5 heteroatoms. The number of hydrogen-bond acceptors (Lipinski definition) is 3. The van der Waals surface area contributed by atoms with Crippen molar-refractivity contribution in [3.8, 4) is 0 Å². The SMILES string of the molecule is CC(c1ccc(Cl)c(Cl)c1)N1CCC(N2CCNCC2)C1. The van der Waals surface area contributed by atoms with E-state index in [9.17, 15) is 0 Å². The van der Waals surface area contributed by atoms with E-state index in [4.69, 9.17) is 23.2 Å². The molecule has 1 aromatic carbocycles. The van der Waals surface area contributed by atoms with Crippen LogP contribution >= 0.6 is 23.2 Å². The molecule has 0 saturated carbocycles. The molecule has 2 aliphatic rings. The maximum atomic E-state index is 6.15. The van der Waals surface area contributed by atoms with Gasteiger partial charge in [0.2, 0.25) is 0 Å². The standard InChI is InChI=1S/C16H23Cl2N3/c1-12(13-2-3-15(17)16(18)10-13)21-7-4-14(11-21)20-8-5-19-6-9-20/h2-3,10,12,14,19H,4-9,11H2,1H3. The molecule has 0 aromatic heterocycles. The van der Waals surface area contributed by atoms with Crippen molar-refractivity contribution in [2.45, 2.75) is 25.4 Å². The number of benzene rings is 1. The lowest BCUT2D eigenvalue weighted by Crippen LogP contribution is -2.49. The van der Waals surface area contributed by atoms with Crippen molar-refractivity contribution >= 4 is 23.2 Å². The van der Waals surface area contributed by atoms with Crippen molar-refractivity contribution in [1.29, 1.82) is 0 Å². The summed E-state index contributed by atoms with van der Waals surface area (Å²) in [7, 11) is 0. The minimum absolute atomic E-state index is 0.396. The van der Waals surface area contributed by atoms with Crippen LogP contribution < -0.4 is 5.32 Å². The summed E-state index contributed by atoms with van der Waals surface area (Å²) in [4.78, 5) is 5.20. The highest BCUT2D eigenvalue weighted by atomic mass is 35.5. The van der Waals surface area contributed by atoms with E-state index < -0.39 is 0 Å². The summed E-state index contributed by atoms with van der Waals surface area (Å²) >= 11 is 12.2. The zero-order valence-electron chi connectivity index (χ0n) is 12.5. The van der Waals surface area contributed by atoms with Crippen LogP contribution in [0.4, 0.5) is 0 Å². The van der Waals surface area contributed by atoms with Crippen LogP contribution in [0.3, 0.4) is 0 Å². The molecule has 2 unspecified atom stereocenters. The van der Waals surface area contributed by atoms with Crippen molar-refractivity contribution in [3.05, 3.63) is 33.8 Å². The topological polar surface area (TPSA) is 18.5 Å². The van der Waals surface area contributed by atoms with Crippen LogP contribution in [0.1, 0.15) is 24.9 Å². The van der Waals surface area contributed by atoms with Gasteiger partial charge in [0.1, 0.15) is 0 Å². The molecule has 2 saturated heterocycles. The van der Waals surface area contributed by atoms with Gasteiger partial charge in [-0.3, -0.25) is 9.80 Å². The predicted octanol–water partition coefficient (Wildman–Crippen LogP) is 3.03. The maximum absolute atomic E-state index is 6.15. The van der Waals surface area contributed by atoms with Gasteiger partial charge < -0.3 is 5.32 Å². The molecular formula is C16H23Cl2N3. The summed E-state index contributed by atoms with van der Waals surface area (Å²) in [6.45, 7) is 9.19. The van der Waals surface area contributed by atoms with Crippen LogP contribution in [0.25, 0.3) is 0 Å². The summed E-state index contributed by atoms with van der Waals surface area (Å²) in [5, 5.41) is 4.71. The largest absolute Gasteiger partial charge is 0.314 e. The third kappa shape index (κ3) is 3.54. The number of halogens is 2. The molecule has 2 fully saturated rings.